The fraction of sp³-hybridized carbons (Fsp3) is 0.308. The van der Waals surface area contributed by atoms with Crippen LogP contribution in [-0.4, -0.2) is 72.6 Å². The molecule has 5 nitrogen and oxygen atoms in total. The highest BCUT2D eigenvalue weighted by Gasteiger charge is 2.95. The van der Waals surface area contributed by atoms with E-state index in [-0.39, 0.29) is 17.0 Å². The number of hydrogen-bond acceptors (Lipinski definition) is 6. The van der Waals surface area contributed by atoms with E-state index in [1.807, 2.05) is 0 Å². The van der Waals surface area contributed by atoms with Crippen molar-refractivity contribution in [1.29, 1.82) is 0 Å². The Morgan fingerprint density at radius 3 is 1.44 bits per heavy atom. The Labute approximate surface area is 437 Å². The summed E-state index contributed by atoms with van der Waals surface area (Å²) >= 11 is 1.76. The first-order valence-corrected chi connectivity index (χ1v) is 26.0. The number of alkyl halides is 17. The van der Waals surface area contributed by atoms with Gasteiger partial charge < -0.3 is 14.0 Å². The molecule has 2 unspecified atom stereocenters. The van der Waals surface area contributed by atoms with Gasteiger partial charge in [-0.05, 0) is 85.0 Å². The maximum atomic E-state index is 13.0. The molecule has 0 aliphatic carbocycles. The average molecular weight is 1170 g/mol. The van der Waals surface area contributed by atoms with Gasteiger partial charge in [-0.2, -0.15) is 74.6 Å². The van der Waals surface area contributed by atoms with Crippen molar-refractivity contribution in [1.82, 2.24) is 0 Å². The molecule has 25 heteroatoms. The fourth-order valence-corrected chi connectivity index (χ4v) is 10.2. The lowest BCUT2D eigenvalue weighted by Crippen LogP contribution is -2.75. The molecule has 0 heterocycles. The molecule has 0 aliphatic rings. The van der Waals surface area contributed by atoms with Gasteiger partial charge in [-0.1, -0.05) is 123 Å². The van der Waals surface area contributed by atoms with E-state index in [0.29, 0.717) is 6.61 Å². The Morgan fingerprint density at radius 1 is 0.519 bits per heavy atom. The molecular weight excluding hydrogens is 1120 g/mol. The van der Waals surface area contributed by atoms with Gasteiger partial charge in [0.1, 0.15) is 11.5 Å². The highest BCUT2D eigenvalue weighted by Crippen LogP contribution is 2.64. The molecule has 0 saturated carbocycles. The minimum Gasteiger partial charge on any atom is -0.743 e. The van der Waals surface area contributed by atoms with Crippen molar-refractivity contribution in [2.45, 2.75) is 118 Å². The van der Waals surface area contributed by atoms with Crippen LogP contribution in [0.2, 0.25) is 0 Å². The molecule has 6 rings (SSSR count). The van der Waals surface area contributed by atoms with Gasteiger partial charge in [0.25, 0.3) is 0 Å². The molecule has 6 aromatic carbocycles. The van der Waals surface area contributed by atoms with Crippen LogP contribution in [-0.2, 0) is 21.0 Å². The summed E-state index contributed by atoms with van der Waals surface area (Å²) in [5.74, 6) is -50.3. The zero-order valence-corrected chi connectivity index (χ0v) is 42.5. The maximum absolute atomic E-state index is 13.0. The molecule has 0 amide bonds. The van der Waals surface area contributed by atoms with Gasteiger partial charge >= 0.3 is 47.0 Å². The molecule has 0 saturated heterocycles. The molecule has 0 spiro atoms. The van der Waals surface area contributed by atoms with Crippen LogP contribution >= 0.6 is 11.8 Å². The van der Waals surface area contributed by atoms with E-state index in [1.54, 1.807) is 11.8 Å². The second-order valence-electron chi connectivity index (χ2n) is 16.7. The molecule has 0 N–H and O–H groups in total. The SMILES string of the molecule is CCCCOc1cc([S+](c2ccccc2)c2ccc(-c3ccccc3)c(OC(C)CC)c2)ccc1Sc1ccc(-c2ccccc2)cc1.O=S(=O)([O-])C(F)(F)C(F)(F)C(F)(F)C(F)(F)C(F)(F)C(F)(F)C(F)(F)C(F)(F)F. The third-order valence-electron chi connectivity index (χ3n) is 11.3. The Kier molecular flexibility index (Phi) is 19.2. The van der Waals surface area contributed by atoms with Crippen molar-refractivity contribution in [2.24, 2.45) is 0 Å². The van der Waals surface area contributed by atoms with E-state index >= 15 is 0 Å². The van der Waals surface area contributed by atoms with Crippen molar-refractivity contribution in [3.63, 3.8) is 0 Å². The second kappa shape index (κ2) is 23.7. The molecule has 418 valence electrons. The highest BCUT2D eigenvalue weighted by atomic mass is 32.2. The molecule has 0 aliphatic heterocycles. The Morgan fingerprint density at radius 2 is 0.961 bits per heavy atom. The molecule has 2 atom stereocenters. The van der Waals surface area contributed by atoms with Crippen molar-refractivity contribution >= 4 is 32.8 Å². The number of hydrogen-bond donors (Lipinski definition) is 0. The van der Waals surface area contributed by atoms with Gasteiger partial charge in [-0.3, -0.25) is 0 Å². The van der Waals surface area contributed by atoms with Crippen molar-refractivity contribution in [3.8, 4) is 33.8 Å². The van der Waals surface area contributed by atoms with Crippen LogP contribution in [0, 0.1) is 0 Å². The summed E-state index contributed by atoms with van der Waals surface area (Å²) in [5.41, 5.74) is 4.72. The van der Waals surface area contributed by atoms with E-state index in [0.717, 1.165) is 46.8 Å². The van der Waals surface area contributed by atoms with Crippen LogP contribution < -0.4 is 9.47 Å². The second-order valence-corrected chi connectivity index (χ2v) is 21.3. The quantitative estimate of drug-likeness (QED) is 0.0309. The number of unbranched alkanes of at least 4 members (excludes halogenated alkanes) is 1. The van der Waals surface area contributed by atoms with Gasteiger partial charge in [0.2, 0.25) is 0 Å². The molecular formula is C52H43F17O5S3. The predicted molar refractivity (Wildman–Crippen MR) is 254 cm³/mol. The predicted octanol–water partition coefficient (Wildman–Crippen LogP) is 17.1. The standard InChI is InChI=1S/C44H43O2S2.C8HF17O3S/c1-4-6-30-45-43-32-40(27-29-44(43)47-37-24-22-35(23-25-37)34-16-10-7-11-17-34)48(38-20-14-9-15-21-38)39-26-28-41(36-18-12-8-13-19-36)42(31-39)46-33(3)5-2;9-1(10,3(13,14)5(17,18)7(21,22)23)2(11,12)4(15,16)6(19,20)8(24,25)29(26,27)28/h7-29,31-33H,4-6,30H2,1-3H3;(H,26,27,28)/q+1;/p-1. The zero-order valence-electron chi connectivity index (χ0n) is 40.0. The van der Waals surface area contributed by atoms with Crippen LogP contribution in [0.25, 0.3) is 22.3 Å². The molecule has 0 fully saturated rings. The summed E-state index contributed by atoms with van der Waals surface area (Å²) < 4.78 is 257. The number of benzene rings is 6. The first kappa shape index (κ1) is 62.2. The van der Waals surface area contributed by atoms with Crippen molar-refractivity contribution in [2.75, 3.05) is 6.61 Å². The minimum atomic E-state index is -8.92. The lowest BCUT2D eigenvalue weighted by Gasteiger charge is -2.42. The van der Waals surface area contributed by atoms with Gasteiger partial charge in [0.15, 0.2) is 24.8 Å². The van der Waals surface area contributed by atoms with Crippen LogP contribution in [0.3, 0.4) is 0 Å². The van der Waals surface area contributed by atoms with Gasteiger partial charge in [0, 0.05) is 22.6 Å². The maximum Gasteiger partial charge on any atom is 0.460 e. The largest absolute Gasteiger partial charge is 0.743 e. The van der Waals surface area contributed by atoms with Gasteiger partial charge in [-0.25, -0.2) is 8.42 Å². The monoisotopic (exact) mass is 1170 g/mol. The molecule has 0 bridgehead atoms. The van der Waals surface area contributed by atoms with Crippen LogP contribution in [0.1, 0.15) is 40.0 Å². The number of halogens is 17. The van der Waals surface area contributed by atoms with Gasteiger partial charge in [-0.15, -0.1) is 0 Å². The third-order valence-corrected chi connectivity index (χ3v) is 15.4. The Hall–Kier alpha value is -5.66. The number of rotatable bonds is 21. The fourth-order valence-electron chi connectivity index (χ4n) is 6.77. The molecule has 77 heavy (non-hydrogen) atoms. The summed E-state index contributed by atoms with van der Waals surface area (Å²) in [4.78, 5) is 6.01. The first-order valence-electron chi connectivity index (χ1n) is 22.5. The molecule has 6 aromatic rings. The summed E-state index contributed by atoms with van der Waals surface area (Å²) in [6, 6.07) is 54.3. The summed E-state index contributed by atoms with van der Waals surface area (Å²) in [6.07, 6.45) is -4.74. The Balaban J connectivity index is 0.000000325. The van der Waals surface area contributed by atoms with Crippen LogP contribution in [0.15, 0.2) is 176 Å². The van der Waals surface area contributed by atoms with Crippen molar-refractivity contribution < 1.29 is 97.1 Å². The minimum absolute atomic E-state index is 0.109. The first-order chi connectivity index (χ1) is 35.6. The van der Waals surface area contributed by atoms with E-state index in [2.05, 4.69) is 172 Å². The van der Waals surface area contributed by atoms with Crippen molar-refractivity contribution in [3.05, 3.63) is 152 Å². The topological polar surface area (TPSA) is 75.7 Å². The van der Waals surface area contributed by atoms with Gasteiger partial charge in [0.05, 0.1) is 28.5 Å². The lowest BCUT2D eigenvalue weighted by molar-refractivity contribution is -0.458. The molecule has 0 aromatic heterocycles. The summed E-state index contributed by atoms with van der Waals surface area (Å²) in [6.45, 7) is 7.21. The summed E-state index contributed by atoms with van der Waals surface area (Å²) in [5, 5.41) is -7.95. The zero-order chi connectivity index (χ0) is 57.6. The summed E-state index contributed by atoms with van der Waals surface area (Å²) in [7, 11) is -8.52. The lowest BCUT2D eigenvalue weighted by atomic mass is 9.91. The smallest absolute Gasteiger partial charge is 0.460 e. The van der Waals surface area contributed by atoms with E-state index in [4.69, 9.17) is 9.47 Å². The number of ether oxygens (including phenoxy) is 2. The normalized spacial score (nSPS) is 14.0. The van der Waals surface area contributed by atoms with Crippen LogP contribution in [0.5, 0.6) is 11.5 Å². The average Bonchev–Trinajstić information content (AvgIpc) is 3.43. The third kappa shape index (κ3) is 12.6. The Bertz CT molecular complexity index is 3000. The van der Waals surface area contributed by atoms with E-state index < -0.39 is 57.1 Å². The highest BCUT2D eigenvalue weighted by molar-refractivity contribution is 7.99. The molecule has 0 radical (unpaired) electrons. The van der Waals surface area contributed by atoms with Crippen LogP contribution in [0.4, 0.5) is 74.6 Å². The van der Waals surface area contributed by atoms with E-state index in [1.165, 1.54) is 30.7 Å². The van der Waals surface area contributed by atoms with E-state index in [9.17, 15) is 87.6 Å².